The molecule has 1 aromatic carbocycles. The molecule has 0 radical (unpaired) electrons. The second-order valence-corrected chi connectivity index (χ2v) is 6.95. The van der Waals surface area contributed by atoms with Crippen molar-refractivity contribution in [1.29, 1.82) is 0 Å². The molecule has 3 aromatic heterocycles. The number of ether oxygens (including phenoxy) is 1. The average molecular weight is 374 g/mol. The van der Waals surface area contributed by atoms with Crippen LogP contribution in [-0.2, 0) is 13.7 Å². The van der Waals surface area contributed by atoms with Crippen LogP contribution in [0.5, 0.6) is 5.75 Å². The van der Waals surface area contributed by atoms with Crippen molar-refractivity contribution in [3.63, 3.8) is 0 Å². The monoisotopic (exact) mass is 374 g/mol. The van der Waals surface area contributed by atoms with Gasteiger partial charge in [0.05, 0.1) is 17.0 Å². The Bertz CT molecular complexity index is 1220. The molecule has 0 unspecified atom stereocenters. The van der Waals surface area contributed by atoms with Crippen molar-refractivity contribution in [1.82, 2.24) is 19.2 Å². The van der Waals surface area contributed by atoms with Gasteiger partial charge in [-0.15, -0.1) is 0 Å². The highest BCUT2D eigenvalue weighted by Crippen LogP contribution is 2.23. The van der Waals surface area contributed by atoms with Crippen LogP contribution < -0.4 is 10.3 Å². The second-order valence-electron chi connectivity index (χ2n) is 6.95. The minimum Gasteiger partial charge on any atom is -0.485 e. The maximum atomic E-state index is 13.2. The molecular weight excluding hydrogens is 352 g/mol. The van der Waals surface area contributed by atoms with Crippen LogP contribution in [0, 0.1) is 20.8 Å². The zero-order valence-corrected chi connectivity index (χ0v) is 16.4. The summed E-state index contributed by atoms with van der Waals surface area (Å²) in [6, 6.07) is 13.6. The highest BCUT2D eigenvalue weighted by molar-refractivity contribution is 5.65. The van der Waals surface area contributed by atoms with E-state index in [9.17, 15) is 4.79 Å². The first kappa shape index (κ1) is 18.0. The SMILES string of the molecule is Cc1ccccc1COc1cccn2c(=O)c(-c3cc(C)n(C)n3)c(C)nc12. The average Bonchev–Trinajstić information content (AvgIpc) is 2.99. The predicted molar refractivity (Wildman–Crippen MR) is 109 cm³/mol. The first-order valence-electron chi connectivity index (χ1n) is 9.16. The van der Waals surface area contributed by atoms with Gasteiger partial charge in [-0.25, -0.2) is 4.98 Å². The third-order valence-electron chi connectivity index (χ3n) is 5.01. The molecule has 142 valence electrons. The molecule has 0 aliphatic rings. The third kappa shape index (κ3) is 3.07. The largest absolute Gasteiger partial charge is 0.485 e. The number of aromatic nitrogens is 4. The number of benzene rings is 1. The molecular formula is C22H22N4O2. The van der Waals surface area contributed by atoms with Crippen molar-refractivity contribution in [3.8, 4) is 17.0 Å². The summed E-state index contributed by atoms with van der Waals surface area (Å²) in [5, 5.41) is 4.45. The molecule has 0 N–H and O–H groups in total. The van der Waals surface area contributed by atoms with Gasteiger partial charge >= 0.3 is 0 Å². The van der Waals surface area contributed by atoms with Crippen molar-refractivity contribution in [2.24, 2.45) is 7.05 Å². The number of fused-ring (bicyclic) bond motifs is 1. The van der Waals surface area contributed by atoms with Crippen molar-refractivity contribution in [2.75, 3.05) is 0 Å². The van der Waals surface area contributed by atoms with Gasteiger partial charge in [0, 0.05) is 18.9 Å². The fourth-order valence-corrected chi connectivity index (χ4v) is 3.26. The summed E-state index contributed by atoms with van der Waals surface area (Å²) in [7, 11) is 1.86. The van der Waals surface area contributed by atoms with Gasteiger partial charge in [0.25, 0.3) is 5.56 Å². The number of aryl methyl sites for hydroxylation is 4. The van der Waals surface area contributed by atoms with Crippen LogP contribution >= 0.6 is 0 Å². The standard InChI is InChI=1S/C22H22N4O2/c1-14-8-5-6-9-17(14)13-28-19-10-7-11-26-21(19)23-16(3)20(22(26)27)18-12-15(2)25(4)24-18/h5-12H,13H2,1-4H3. The third-order valence-corrected chi connectivity index (χ3v) is 5.01. The quantitative estimate of drug-likeness (QED) is 0.548. The lowest BCUT2D eigenvalue weighted by Crippen LogP contribution is -2.19. The van der Waals surface area contributed by atoms with E-state index in [2.05, 4.69) is 23.1 Å². The lowest BCUT2D eigenvalue weighted by atomic mass is 10.1. The summed E-state index contributed by atoms with van der Waals surface area (Å²) in [6.07, 6.45) is 1.71. The summed E-state index contributed by atoms with van der Waals surface area (Å²) in [6.45, 7) is 6.26. The van der Waals surface area contributed by atoms with Gasteiger partial charge in [0.2, 0.25) is 0 Å². The molecule has 0 spiro atoms. The Morgan fingerprint density at radius 1 is 1.07 bits per heavy atom. The van der Waals surface area contributed by atoms with E-state index in [0.29, 0.717) is 35.0 Å². The number of nitrogens with zero attached hydrogens (tertiary/aromatic N) is 4. The van der Waals surface area contributed by atoms with E-state index in [-0.39, 0.29) is 5.56 Å². The Labute approximate surface area is 163 Å². The maximum absolute atomic E-state index is 13.2. The second kappa shape index (κ2) is 6.96. The molecule has 0 aliphatic heterocycles. The van der Waals surface area contributed by atoms with Gasteiger partial charge in [0.15, 0.2) is 11.4 Å². The van der Waals surface area contributed by atoms with Gasteiger partial charge in [-0.1, -0.05) is 24.3 Å². The smallest absolute Gasteiger partial charge is 0.267 e. The fraction of sp³-hybridized carbons (Fsp3) is 0.227. The summed E-state index contributed by atoms with van der Waals surface area (Å²) in [5.74, 6) is 0.578. The van der Waals surface area contributed by atoms with Crippen molar-refractivity contribution < 1.29 is 4.74 Å². The van der Waals surface area contributed by atoms with Gasteiger partial charge < -0.3 is 4.74 Å². The van der Waals surface area contributed by atoms with E-state index in [0.717, 1.165) is 16.8 Å². The van der Waals surface area contributed by atoms with Crippen molar-refractivity contribution >= 4 is 5.65 Å². The summed E-state index contributed by atoms with van der Waals surface area (Å²) in [5.41, 5.74) is 5.38. The van der Waals surface area contributed by atoms with E-state index in [1.54, 1.807) is 16.9 Å². The molecule has 6 nitrogen and oxygen atoms in total. The van der Waals surface area contributed by atoms with Crippen LogP contribution in [0.4, 0.5) is 0 Å². The Hall–Kier alpha value is -3.41. The van der Waals surface area contributed by atoms with Crippen LogP contribution in [0.25, 0.3) is 16.9 Å². The Morgan fingerprint density at radius 2 is 1.86 bits per heavy atom. The molecule has 6 heteroatoms. The number of hydrogen-bond acceptors (Lipinski definition) is 4. The molecule has 4 aromatic rings. The Balaban J connectivity index is 1.79. The van der Waals surface area contributed by atoms with E-state index in [1.165, 1.54) is 4.40 Å². The van der Waals surface area contributed by atoms with Crippen LogP contribution in [-0.4, -0.2) is 19.2 Å². The Morgan fingerprint density at radius 3 is 2.57 bits per heavy atom. The molecule has 0 bridgehead atoms. The van der Waals surface area contributed by atoms with Crippen LogP contribution in [0.2, 0.25) is 0 Å². The molecule has 28 heavy (non-hydrogen) atoms. The highest BCUT2D eigenvalue weighted by Gasteiger charge is 2.17. The molecule has 0 saturated heterocycles. The number of rotatable bonds is 4. The Kier molecular flexibility index (Phi) is 4.47. The van der Waals surface area contributed by atoms with Crippen LogP contribution in [0.15, 0.2) is 53.5 Å². The van der Waals surface area contributed by atoms with E-state index in [4.69, 9.17) is 4.74 Å². The summed E-state index contributed by atoms with van der Waals surface area (Å²) >= 11 is 0. The summed E-state index contributed by atoms with van der Waals surface area (Å²) in [4.78, 5) is 17.8. The molecule has 3 heterocycles. The first-order valence-corrected chi connectivity index (χ1v) is 9.16. The lowest BCUT2D eigenvalue weighted by Gasteiger charge is -2.12. The van der Waals surface area contributed by atoms with Gasteiger partial charge in [-0.2, -0.15) is 5.10 Å². The van der Waals surface area contributed by atoms with E-state index < -0.39 is 0 Å². The van der Waals surface area contributed by atoms with Gasteiger partial charge in [0.1, 0.15) is 6.61 Å². The van der Waals surface area contributed by atoms with E-state index in [1.807, 2.05) is 51.2 Å². The van der Waals surface area contributed by atoms with Gasteiger partial charge in [-0.3, -0.25) is 13.9 Å². The van der Waals surface area contributed by atoms with Crippen LogP contribution in [0.3, 0.4) is 0 Å². The fourth-order valence-electron chi connectivity index (χ4n) is 3.26. The van der Waals surface area contributed by atoms with E-state index >= 15 is 0 Å². The molecule has 0 atom stereocenters. The predicted octanol–water partition coefficient (Wildman–Crippen LogP) is 3.60. The topological polar surface area (TPSA) is 61.4 Å². The molecule has 0 aliphatic carbocycles. The van der Waals surface area contributed by atoms with Crippen molar-refractivity contribution in [2.45, 2.75) is 27.4 Å². The number of hydrogen-bond donors (Lipinski definition) is 0. The molecule has 0 amide bonds. The molecule has 0 fully saturated rings. The maximum Gasteiger partial charge on any atom is 0.267 e. The molecule has 4 rings (SSSR count). The summed E-state index contributed by atoms with van der Waals surface area (Å²) < 4.78 is 9.31. The number of pyridine rings is 1. The first-order chi connectivity index (χ1) is 13.5. The lowest BCUT2D eigenvalue weighted by molar-refractivity contribution is 0.307. The van der Waals surface area contributed by atoms with Crippen molar-refractivity contribution in [3.05, 3.63) is 81.5 Å². The van der Waals surface area contributed by atoms with Crippen LogP contribution in [0.1, 0.15) is 22.5 Å². The normalized spacial score (nSPS) is 11.1. The van der Waals surface area contributed by atoms with Gasteiger partial charge in [-0.05, 0) is 50.1 Å². The minimum atomic E-state index is -0.151. The zero-order chi connectivity index (χ0) is 19.8. The molecule has 0 saturated carbocycles. The highest BCUT2D eigenvalue weighted by atomic mass is 16.5. The minimum absolute atomic E-state index is 0.151. The zero-order valence-electron chi connectivity index (χ0n) is 16.4.